The van der Waals surface area contributed by atoms with Crippen LogP contribution in [0.5, 0.6) is 0 Å². The smallest absolute Gasteiger partial charge is 0.261 e. The molecule has 1 unspecified atom stereocenters. The van der Waals surface area contributed by atoms with Crippen LogP contribution in [0.15, 0.2) is 72.8 Å². The van der Waals surface area contributed by atoms with Crippen molar-refractivity contribution in [2.45, 2.75) is 6.10 Å². The van der Waals surface area contributed by atoms with Gasteiger partial charge in [0.05, 0.1) is 11.0 Å². The van der Waals surface area contributed by atoms with E-state index >= 15 is 0 Å². The molecule has 0 radical (unpaired) electrons. The highest BCUT2D eigenvalue weighted by Gasteiger charge is 2.14. The summed E-state index contributed by atoms with van der Waals surface area (Å²) < 4.78 is 1.09. The van der Waals surface area contributed by atoms with Crippen LogP contribution in [0.1, 0.15) is 21.3 Å². The largest absolute Gasteiger partial charge is 0.387 e. The summed E-state index contributed by atoms with van der Waals surface area (Å²) in [4.78, 5) is 13.1. The first-order chi connectivity index (χ1) is 12.2. The van der Waals surface area contributed by atoms with Crippen molar-refractivity contribution < 1.29 is 9.90 Å². The molecule has 0 spiro atoms. The summed E-state index contributed by atoms with van der Waals surface area (Å²) in [6.07, 6.45) is -0.746. The molecule has 3 aromatic carbocycles. The zero-order valence-electron chi connectivity index (χ0n) is 13.5. The average Bonchev–Trinajstić information content (AvgIpc) is 3.09. The second-order valence-corrected chi connectivity index (χ2v) is 7.03. The molecule has 0 bridgehead atoms. The molecule has 124 valence electrons. The first kappa shape index (κ1) is 15.8. The number of carbonyl (C=O) groups is 1. The zero-order chi connectivity index (χ0) is 17.2. The maximum Gasteiger partial charge on any atom is 0.261 e. The third-order valence-corrected chi connectivity index (χ3v) is 5.40. The Kier molecular flexibility index (Phi) is 4.22. The summed E-state index contributed by atoms with van der Waals surface area (Å²) in [6.45, 7) is 0.182. The van der Waals surface area contributed by atoms with Crippen molar-refractivity contribution >= 4 is 38.1 Å². The number of carbonyl (C=O) groups excluding carboxylic acids is 1. The van der Waals surface area contributed by atoms with E-state index in [2.05, 4.69) is 5.32 Å². The Bertz CT molecular complexity index is 1020. The van der Waals surface area contributed by atoms with E-state index in [4.69, 9.17) is 0 Å². The summed E-state index contributed by atoms with van der Waals surface area (Å²) in [5.41, 5.74) is 0.828. The maximum absolute atomic E-state index is 12.4. The number of benzene rings is 3. The van der Waals surface area contributed by atoms with Gasteiger partial charge in [-0.15, -0.1) is 11.3 Å². The van der Waals surface area contributed by atoms with E-state index in [1.165, 1.54) is 11.3 Å². The highest BCUT2D eigenvalue weighted by molar-refractivity contribution is 7.20. The highest BCUT2D eigenvalue weighted by Crippen LogP contribution is 2.26. The second-order valence-electron chi connectivity index (χ2n) is 5.94. The first-order valence-corrected chi connectivity index (χ1v) is 8.96. The molecule has 1 amide bonds. The Balaban J connectivity index is 1.51. The van der Waals surface area contributed by atoms with Gasteiger partial charge in [0.2, 0.25) is 0 Å². The van der Waals surface area contributed by atoms with Gasteiger partial charge >= 0.3 is 0 Å². The number of amides is 1. The first-order valence-electron chi connectivity index (χ1n) is 8.15. The highest BCUT2D eigenvalue weighted by atomic mass is 32.1. The van der Waals surface area contributed by atoms with Gasteiger partial charge in [-0.1, -0.05) is 60.7 Å². The lowest BCUT2D eigenvalue weighted by Gasteiger charge is -2.14. The molecule has 4 rings (SSSR count). The summed E-state index contributed by atoms with van der Waals surface area (Å²) in [5, 5.41) is 16.5. The van der Waals surface area contributed by atoms with Crippen molar-refractivity contribution in [2.24, 2.45) is 0 Å². The van der Waals surface area contributed by atoms with E-state index in [1.807, 2.05) is 72.8 Å². The Morgan fingerprint density at radius 3 is 2.52 bits per heavy atom. The SMILES string of the molecule is O=C(NCC(O)c1cccc2ccccc12)c1cc2ccccc2s1. The predicted octanol–water partition coefficient (Wildman–Crippen LogP) is 4.52. The van der Waals surface area contributed by atoms with E-state index in [1.54, 1.807) is 0 Å². The molecule has 4 heteroatoms. The minimum Gasteiger partial charge on any atom is -0.387 e. The molecule has 0 aliphatic heterocycles. The van der Waals surface area contributed by atoms with E-state index < -0.39 is 6.10 Å². The van der Waals surface area contributed by atoms with Gasteiger partial charge in [-0.2, -0.15) is 0 Å². The molecule has 3 nitrogen and oxygen atoms in total. The van der Waals surface area contributed by atoms with Crippen LogP contribution in [0, 0.1) is 0 Å². The predicted molar refractivity (Wildman–Crippen MR) is 103 cm³/mol. The van der Waals surface area contributed by atoms with Gasteiger partial charge in [0.25, 0.3) is 5.91 Å². The third kappa shape index (κ3) is 3.14. The number of hydrogen-bond acceptors (Lipinski definition) is 3. The number of rotatable bonds is 4. The van der Waals surface area contributed by atoms with Crippen molar-refractivity contribution in [3.63, 3.8) is 0 Å². The summed E-state index contributed by atoms with van der Waals surface area (Å²) in [6, 6.07) is 23.6. The number of thiophene rings is 1. The molecular formula is C21H17NO2S. The Morgan fingerprint density at radius 1 is 0.960 bits per heavy atom. The van der Waals surface area contributed by atoms with Gasteiger partial charge in [0.15, 0.2) is 0 Å². The quantitative estimate of drug-likeness (QED) is 0.570. The molecule has 1 atom stereocenters. The average molecular weight is 347 g/mol. The summed E-state index contributed by atoms with van der Waals surface area (Å²) in [7, 11) is 0. The van der Waals surface area contributed by atoms with Gasteiger partial charge in [-0.3, -0.25) is 4.79 Å². The number of aliphatic hydroxyl groups excluding tert-OH is 1. The summed E-state index contributed by atoms with van der Waals surface area (Å²) >= 11 is 1.46. The zero-order valence-corrected chi connectivity index (χ0v) is 14.3. The topological polar surface area (TPSA) is 49.3 Å². The minimum atomic E-state index is -0.746. The van der Waals surface area contributed by atoms with Crippen LogP contribution in [0.2, 0.25) is 0 Å². The van der Waals surface area contributed by atoms with Crippen molar-refractivity contribution in [1.82, 2.24) is 5.32 Å². The lowest BCUT2D eigenvalue weighted by molar-refractivity contribution is 0.0921. The van der Waals surface area contributed by atoms with Crippen LogP contribution < -0.4 is 5.32 Å². The fraction of sp³-hybridized carbons (Fsp3) is 0.0952. The van der Waals surface area contributed by atoms with Crippen LogP contribution in [0.4, 0.5) is 0 Å². The van der Waals surface area contributed by atoms with Crippen molar-refractivity contribution in [1.29, 1.82) is 0 Å². The van der Waals surface area contributed by atoms with Crippen LogP contribution in [-0.2, 0) is 0 Å². The number of nitrogens with one attached hydrogen (secondary N) is 1. The van der Waals surface area contributed by atoms with Gasteiger partial charge in [0, 0.05) is 11.2 Å². The Hall–Kier alpha value is -2.69. The van der Waals surface area contributed by atoms with Crippen LogP contribution in [0.25, 0.3) is 20.9 Å². The molecule has 1 aromatic heterocycles. The Labute approximate surface area is 149 Å². The molecule has 0 aliphatic carbocycles. The van der Waals surface area contributed by atoms with E-state index in [9.17, 15) is 9.90 Å². The van der Waals surface area contributed by atoms with Crippen LogP contribution in [0.3, 0.4) is 0 Å². The molecule has 0 saturated carbocycles. The standard InChI is InChI=1S/C21H17NO2S/c23-18(17-10-5-8-14-6-1-3-9-16(14)17)13-22-21(24)20-12-15-7-2-4-11-19(15)25-20/h1-12,18,23H,13H2,(H,22,24). The third-order valence-electron chi connectivity index (χ3n) is 4.29. The Morgan fingerprint density at radius 2 is 1.68 bits per heavy atom. The normalized spacial score (nSPS) is 12.4. The van der Waals surface area contributed by atoms with Gasteiger partial charge in [-0.05, 0) is 33.9 Å². The van der Waals surface area contributed by atoms with E-state index in [0.29, 0.717) is 4.88 Å². The van der Waals surface area contributed by atoms with Crippen molar-refractivity contribution in [3.8, 4) is 0 Å². The fourth-order valence-electron chi connectivity index (χ4n) is 3.02. The molecule has 1 heterocycles. The minimum absolute atomic E-state index is 0.152. The van der Waals surface area contributed by atoms with E-state index in [0.717, 1.165) is 26.4 Å². The maximum atomic E-state index is 12.4. The number of fused-ring (bicyclic) bond motifs is 2. The number of hydrogen-bond donors (Lipinski definition) is 2. The molecule has 4 aromatic rings. The number of aliphatic hydroxyl groups is 1. The molecular weight excluding hydrogens is 330 g/mol. The van der Waals surface area contributed by atoms with Gasteiger partial charge in [-0.25, -0.2) is 0 Å². The monoisotopic (exact) mass is 347 g/mol. The van der Waals surface area contributed by atoms with Gasteiger partial charge in [0.1, 0.15) is 0 Å². The molecule has 0 saturated heterocycles. The molecule has 0 aliphatic rings. The van der Waals surface area contributed by atoms with Crippen LogP contribution in [-0.4, -0.2) is 17.6 Å². The molecule has 2 N–H and O–H groups in total. The van der Waals surface area contributed by atoms with Gasteiger partial charge < -0.3 is 10.4 Å². The lowest BCUT2D eigenvalue weighted by atomic mass is 10.0. The van der Waals surface area contributed by atoms with E-state index in [-0.39, 0.29) is 12.5 Å². The molecule has 25 heavy (non-hydrogen) atoms. The lowest BCUT2D eigenvalue weighted by Crippen LogP contribution is -2.27. The van der Waals surface area contributed by atoms with Crippen molar-refractivity contribution in [3.05, 3.63) is 83.2 Å². The molecule has 0 fully saturated rings. The second kappa shape index (κ2) is 6.67. The van der Waals surface area contributed by atoms with Crippen molar-refractivity contribution in [2.75, 3.05) is 6.54 Å². The van der Waals surface area contributed by atoms with Crippen LogP contribution >= 0.6 is 11.3 Å². The fourth-order valence-corrected chi connectivity index (χ4v) is 4.00. The summed E-state index contributed by atoms with van der Waals surface area (Å²) in [5.74, 6) is -0.152.